The van der Waals surface area contributed by atoms with Crippen LogP contribution in [0, 0.1) is 0 Å². The van der Waals surface area contributed by atoms with Crippen molar-refractivity contribution < 1.29 is 0 Å². The lowest BCUT2D eigenvalue weighted by atomic mass is 10.4. The number of thiazole rings is 1. The minimum atomic E-state index is 0.884. The van der Waals surface area contributed by atoms with E-state index in [0.29, 0.717) is 0 Å². The summed E-state index contributed by atoms with van der Waals surface area (Å²) in [6, 6.07) is 2.01. The van der Waals surface area contributed by atoms with Gasteiger partial charge in [0.1, 0.15) is 0 Å². The van der Waals surface area contributed by atoms with E-state index in [2.05, 4.69) is 22.3 Å². The van der Waals surface area contributed by atoms with Crippen molar-refractivity contribution in [1.82, 2.24) is 14.8 Å². The van der Waals surface area contributed by atoms with Crippen LogP contribution in [0.1, 0.15) is 6.92 Å². The fraction of sp³-hybridized carbons (Fsp3) is 0.333. The fourth-order valence-corrected chi connectivity index (χ4v) is 2.10. The molecule has 1 N–H and O–H groups in total. The van der Waals surface area contributed by atoms with Gasteiger partial charge in [-0.25, -0.2) is 4.98 Å². The predicted octanol–water partition coefficient (Wildman–Crippen LogP) is 2.07. The smallest absolute Gasteiger partial charge is 0.182 e. The Morgan fingerprint density at radius 2 is 2.43 bits per heavy atom. The molecule has 0 radical (unpaired) electrons. The highest BCUT2D eigenvalue weighted by Crippen LogP contribution is 2.28. The first-order valence-electron chi connectivity index (χ1n) is 4.51. The molecule has 0 saturated heterocycles. The SMILES string of the molecule is CCn1nccc1-c1cnc(NC)s1. The summed E-state index contributed by atoms with van der Waals surface area (Å²) in [6.07, 6.45) is 3.69. The van der Waals surface area contributed by atoms with E-state index in [1.54, 1.807) is 11.3 Å². The molecular weight excluding hydrogens is 196 g/mol. The molecule has 2 aromatic heterocycles. The molecule has 2 heterocycles. The third kappa shape index (κ3) is 1.50. The van der Waals surface area contributed by atoms with Gasteiger partial charge in [0.25, 0.3) is 0 Å². The van der Waals surface area contributed by atoms with Crippen molar-refractivity contribution in [2.75, 3.05) is 12.4 Å². The average molecular weight is 208 g/mol. The van der Waals surface area contributed by atoms with Gasteiger partial charge in [0.05, 0.1) is 10.6 Å². The van der Waals surface area contributed by atoms with Crippen LogP contribution < -0.4 is 5.32 Å². The number of aromatic nitrogens is 3. The van der Waals surface area contributed by atoms with E-state index in [9.17, 15) is 0 Å². The highest BCUT2D eigenvalue weighted by atomic mass is 32.1. The first-order chi connectivity index (χ1) is 6.85. The molecular formula is C9H12N4S. The summed E-state index contributed by atoms with van der Waals surface area (Å²) in [6.45, 7) is 2.96. The van der Waals surface area contributed by atoms with E-state index in [1.165, 1.54) is 0 Å². The van der Waals surface area contributed by atoms with E-state index in [1.807, 2.05) is 30.2 Å². The molecule has 0 fully saturated rings. The monoisotopic (exact) mass is 208 g/mol. The van der Waals surface area contributed by atoms with E-state index in [4.69, 9.17) is 0 Å². The first kappa shape index (κ1) is 9.21. The van der Waals surface area contributed by atoms with Crippen LogP contribution in [0.3, 0.4) is 0 Å². The summed E-state index contributed by atoms with van der Waals surface area (Å²) in [5.74, 6) is 0. The standard InChI is InChI=1S/C9H12N4S/c1-3-13-7(4-5-12-13)8-6-11-9(10-2)14-8/h4-6H,3H2,1-2H3,(H,10,11). The quantitative estimate of drug-likeness (QED) is 0.839. The van der Waals surface area contributed by atoms with Gasteiger partial charge in [-0.3, -0.25) is 4.68 Å². The van der Waals surface area contributed by atoms with Crippen molar-refractivity contribution in [2.24, 2.45) is 0 Å². The third-order valence-electron chi connectivity index (χ3n) is 1.99. The molecule has 0 aliphatic carbocycles. The lowest BCUT2D eigenvalue weighted by Crippen LogP contribution is -1.97. The van der Waals surface area contributed by atoms with Gasteiger partial charge >= 0.3 is 0 Å². The molecule has 0 bridgehead atoms. The molecule has 5 heteroatoms. The van der Waals surface area contributed by atoms with Crippen LogP contribution >= 0.6 is 11.3 Å². The largest absolute Gasteiger partial charge is 0.365 e. The van der Waals surface area contributed by atoms with Gasteiger partial charge in [0.2, 0.25) is 0 Å². The Labute approximate surface area is 86.6 Å². The summed E-state index contributed by atoms with van der Waals surface area (Å²) < 4.78 is 1.97. The van der Waals surface area contributed by atoms with Gasteiger partial charge in [-0.05, 0) is 13.0 Å². The van der Waals surface area contributed by atoms with E-state index in [-0.39, 0.29) is 0 Å². The number of aryl methyl sites for hydroxylation is 1. The normalized spacial score (nSPS) is 10.4. The summed E-state index contributed by atoms with van der Waals surface area (Å²) in [5, 5.41) is 8.18. The summed E-state index contributed by atoms with van der Waals surface area (Å²) in [4.78, 5) is 5.38. The Bertz CT molecular complexity index is 418. The molecule has 2 aromatic rings. The van der Waals surface area contributed by atoms with E-state index < -0.39 is 0 Å². The van der Waals surface area contributed by atoms with Crippen molar-refractivity contribution in [3.63, 3.8) is 0 Å². The van der Waals surface area contributed by atoms with Crippen LogP contribution in [0.15, 0.2) is 18.5 Å². The Balaban J connectivity index is 2.38. The minimum absolute atomic E-state index is 0.884. The van der Waals surface area contributed by atoms with Crippen LogP contribution in [0.5, 0.6) is 0 Å². The van der Waals surface area contributed by atoms with E-state index in [0.717, 1.165) is 22.2 Å². The predicted molar refractivity (Wildman–Crippen MR) is 58.6 cm³/mol. The number of nitrogens with zero attached hydrogens (tertiary/aromatic N) is 3. The fourth-order valence-electron chi connectivity index (χ4n) is 1.30. The lowest BCUT2D eigenvalue weighted by molar-refractivity contribution is 0.668. The number of rotatable bonds is 3. The molecule has 0 saturated carbocycles. The molecule has 74 valence electrons. The second kappa shape index (κ2) is 3.79. The van der Waals surface area contributed by atoms with Crippen LogP contribution in [-0.2, 0) is 6.54 Å². The molecule has 0 spiro atoms. The maximum absolute atomic E-state index is 4.23. The molecule has 0 aliphatic rings. The van der Waals surface area contributed by atoms with Crippen LogP contribution in [-0.4, -0.2) is 21.8 Å². The molecule has 0 unspecified atom stereocenters. The van der Waals surface area contributed by atoms with Gasteiger partial charge in [-0.1, -0.05) is 11.3 Å². The zero-order valence-corrected chi connectivity index (χ0v) is 9.01. The van der Waals surface area contributed by atoms with Crippen molar-refractivity contribution in [3.8, 4) is 10.6 Å². The summed E-state index contributed by atoms with van der Waals surface area (Å²) in [5.41, 5.74) is 1.13. The number of hydrogen-bond acceptors (Lipinski definition) is 4. The molecule has 0 aromatic carbocycles. The number of hydrogen-bond donors (Lipinski definition) is 1. The van der Waals surface area contributed by atoms with Crippen molar-refractivity contribution >= 4 is 16.5 Å². The average Bonchev–Trinajstić information content (AvgIpc) is 2.85. The van der Waals surface area contributed by atoms with Gasteiger partial charge in [0.15, 0.2) is 5.13 Å². The van der Waals surface area contributed by atoms with Gasteiger partial charge in [-0.15, -0.1) is 0 Å². The van der Waals surface area contributed by atoms with Gasteiger partial charge < -0.3 is 5.32 Å². The number of anilines is 1. The van der Waals surface area contributed by atoms with E-state index >= 15 is 0 Å². The molecule has 4 nitrogen and oxygen atoms in total. The summed E-state index contributed by atoms with van der Waals surface area (Å²) in [7, 11) is 1.87. The second-order valence-electron chi connectivity index (χ2n) is 2.81. The zero-order chi connectivity index (χ0) is 9.97. The highest BCUT2D eigenvalue weighted by molar-refractivity contribution is 7.18. The zero-order valence-electron chi connectivity index (χ0n) is 8.19. The van der Waals surface area contributed by atoms with Crippen molar-refractivity contribution in [1.29, 1.82) is 0 Å². The Kier molecular flexibility index (Phi) is 2.49. The Morgan fingerprint density at radius 1 is 1.57 bits per heavy atom. The topological polar surface area (TPSA) is 42.7 Å². The maximum atomic E-state index is 4.23. The Hall–Kier alpha value is -1.36. The molecule has 0 amide bonds. The maximum Gasteiger partial charge on any atom is 0.182 e. The van der Waals surface area contributed by atoms with Crippen molar-refractivity contribution in [2.45, 2.75) is 13.5 Å². The summed E-state index contributed by atoms with van der Waals surface area (Å²) >= 11 is 1.64. The lowest BCUT2D eigenvalue weighted by Gasteiger charge is -2.00. The van der Waals surface area contributed by atoms with Crippen LogP contribution in [0.25, 0.3) is 10.6 Å². The molecule has 14 heavy (non-hydrogen) atoms. The van der Waals surface area contributed by atoms with Crippen LogP contribution in [0.4, 0.5) is 5.13 Å². The number of nitrogens with one attached hydrogen (secondary N) is 1. The minimum Gasteiger partial charge on any atom is -0.365 e. The second-order valence-corrected chi connectivity index (χ2v) is 3.84. The molecule has 2 rings (SSSR count). The van der Waals surface area contributed by atoms with Crippen LogP contribution in [0.2, 0.25) is 0 Å². The third-order valence-corrected chi connectivity index (χ3v) is 3.03. The molecule has 0 aliphatic heterocycles. The first-order valence-corrected chi connectivity index (χ1v) is 5.32. The van der Waals surface area contributed by atoms with Gasteiger partial charge in [-0.2, -0.15) is 5.10 Å². The Morgan fingerprint density at radius 3 is 3.07 bits per heavy atom. The molecule has 0 atom stereocenters. The van der Waals surface area contributed by atoms with Crippen molar-refractivity contribution in [3.05, 3.63) is 18.5 Å². The highest BCUT2D eigenvalue weighted by Gasteiger charge is 2.07. The van der Waals surface area contributed by atoms with Gasteiger partial charge in [0, 0.05) is 26.0 Å².